The van der Waals surface area contributed by atoms with Crippen molar-refractivity contribution in [2.24, 2.45) is 0 Å². The standard InChI is InChI=1S/C63H58N4O/c1-61(2,3)46-27-25-43(26-28-46)52-38-48(63(7,8)9)39-53(45-17-15-18-47(37-45)62(4,5)6)58(52)66-40-65(55-22-12-13-23-56(55)66)49-19-14-16-41(35-49)34-42-24-29-51-50-20-10-11-21-54(50)67(57(51)36-42)60-59-44(30-32-64-60)31-33-68-59/h10-33,35-39H,34H2,1-9H3. The van der Waals surface area contributed by atoms with Crippen LogP contribution in [0.25, 0.3) is 83.3 Å². The van der Waals surface area contributed by atoms with Crippen molar-refractivity contribution in [3.8, 4) is 39.4 Å². The van der Waals surface area contributed by atoms with Crippen molar-refractivity contribution >= 4 is 43.8 Å². The Balaban J connectivity index is 1.07. The molecule has 0 aliphatic carbocycles. The summed E-state index contributed by atoms with van der Waals surface area (Å²) in [6, 6.07) is 60.3. The summed E-state index contributed by atoms with van der Waals surface area (Å²) >= 11 is 0. The van der Waals surface area contributed by atoms with Crippen LogP contribution in [0, 0.1) is 6.33 Å². The number of hydrogen-bond acceptors (Lipinski definition) is 2. The molecule has 11 rings (SSSR count). The molecule has 0 fully saturated rings. The fourth-order valence-electron chi connectivity index (χ4n) is 9.90. The number of benzene rings is 7. The molecular formula is C63H58N4O. The quantitative estimate of drug-likeness (QED) is 0.118. The highest BCUT2D eigenvalue weighted by molar-refractivity contribution is 6.10. The number of fused-ring (bicyclic) bond motifs is 5. The van der Waals surface area contributed by atoms with Gasteiger partial charge in [0, 0.05) is 22.4 Å². The molecule has 0 bridgehead atoms. The molecule has 4 heterocycles. The van der Waals surface area contributed by atoms with Crippen LogP contribution in [0.5, 0.6) is 0 Å². The van der Waals surface area contributed by atoms with Gasteiger partial charge in [-0.15, -0.1) is 0 Å². The first-order valence-corrected chi connectivity index (χ1v) is 23.9. The zero-order valence-corrected chi connectivity index (χ0v) is 40.6. The van der Waals surface area contributed by atoms with E-state index in [1.54, 1.807) is 6.26 Å². The predicted molar refractivity (Wildman–Crippen MR) is 282 cm³/mol. The molecule has 0 radical (unpaired) electrons. The fraction of sp³-hybridized carbons (Fsp3) is 0.206. The van der Waals surface area contributed by atoms with Gasteiger partial charge in [-0.1, -0.05) is 190 Å². The summed E-state index contributed by atoms with van der Waals surface area (Å²) in [6.45, 7) is 20.7. The Bertz CT molecular complexity index is 3710. The molecule has 5 nitrogen and oxygen atoms in total. The number of hydrogen-bond donors (Lipinski definition) is 0. The van der Waals surface area contributed by atoms with Crippen LogP contribution in [-0.4, -0.2) is 14.1 Å². The van der Waals surface area contributed by atoms with Gasteiger partial charge >= 0.3 is 0 Å². The molecule has 0 N–H and O–H groups in total. The second kappa shape index (κ2) is 16.1. The number of rotatable bonds is 7. The Morgan fingerprint density at radius 2 is 1.21 bits per heavy atom. The van der Waals surface area contributed by atoms with Crippen molar-refractivity contribution in [2.45, 2.75) is 85.0 Å². The number of imidazole rings is 1. The van der Waals surface area contributed by atoms with Crippen molar-refractivity contribution in [3.05, 3.63) is 210 Å². The molecule has 4 aromatic heterocycles. The Morgan fingerprint density at radius 1 is 0.529 bits per heavy atom. The molecule has 0 aliphatic heterocycles. The van der Waals surface area contributed by atoms with Crippen LogP contribution in [0.4, 0.5) is 0 Å². The maximum atomic E-state index is 6.03. The van der Waals surface area contributed by atoms with E-state index in [2.05, 4.69) is 234 Å². The first-order valence-electron chi connectivity index (χ1n) is 23.9. The van der Waals surface area contributed by atoms with Gasteiger partial charge in [0.05, 0.1) is 39.7 Å². The van der Waals surface area contributed by atoms with Gasteiger partial charge in [0.15, 0.2) is 11.4 Å². The van der Waals surface area contributed by atoms with E-state index < -0.39 is 0 Å². The molecule has 0 spiro atoms. The molecule has 0 aliphatic rings. The van der Waals surface area contributed by atoms with Crippen LogP contribution in [0.3, 0.4) is 0 Å². The van der Waals surface area contributed by atoms with E-state index in [0.29, 0.717) is 0 Å². The van der Waals surface area contributed by atoms with Crippen molar-refractivity contribution in [3.63, 3.8) is 0 Å². The van der Waals surface area contributed by atoms with Gasteiger partial charge in [0.25, 0.3) is 6.33 Å². The molecule has 336 valence electrons. The molecule has 0 saturated heterocycles. The molecule has 0 saturated carbocycles. The van der Waals surface area contributed by atoms with E-state index in [-0.39, 0.29) is 16.2 Å². The molecule has 0 unspecified atom stereocenters. The van der Waals surface area contributed by atoms with Gasteiger partial charge in [-0.25, -0.2) is 4.98 Å². The summed E-state index contributed by atoms with van der Waals surface area (Å²) in [4.78, 5) is 4.88. The third kappa shape index (κ3) is 7.60. The molecule has 7 aromatic carbocycles. The number of pyridine rings is 1. The maximum Gasteiger partial charge on any atom is 0.269 e. The van der Waals surface area contributed by atoms with Gasteiger partial charge in [-0.3, -0.25) is 13.7 Å². The molecule has 0 atom stereocenters. The van der Waals surface area contributed by atoms with E-state index in [1.165, 1.54) is 60.8 Å². The molecule has 68 heavy (non-hydrogen) atoms. The van der Waals surface area contributed by atoms with Gasteiger partial charge < -0.3 is 4.42 Å². The lowest BCUT2D eigenvalue weighted by Crippen LogP contribution is -2.32. The predicted octanol–water partition coefficient (Wildman–Crippen LogP) is 15.8. The van der Waals surface area contributed by atoms with Crippen molar-refractivity contribution in [2.75, 3.05) is 0 Å². The average Bonchev–Trinajstić information content (AvgIpc) is 4.05. The van der Waals surface area contributed by atoms with Gasteiger partial charge in [-0.2, -0.15) is 0 Å². The normalized spacial score (nSPS) is 12.5. The van der Waals surface area contributed by atoms with Crippen LogP contribution in [0.15, 0.2) is 181 Å². The lowest BCUT2D eigenvalue weighted by atomic mass is 9.80. The minimum absolute atomic E-state index is 0.0142. The van der Waals surface area contributed by atoms with Crippen molar-refractivity contribution in [1.29, 1.82) is 0 Å². The molecule has 5 heteroatoms. The maximum absolute atomic E-state index is 6.03. The van der Waals surface area contributed by atoms with E-state index in [9.17, 15) is 0 Å². The Morgan fingerprint density at radius 3 is 1.97 bits per heavy atom. The Hall–Kier alpha value is -7.50. The molecule has 11 aromatic rings. The first kappa shape index (κ1) is 43.1. The number of para-hydroxylation sites is 3. The van der Waals surface area contributed by atoms with E-state index in [0.717, 1.165) is 56.6 Å². The molecule has 0 amide bonds. The van der Waals surface area contributed by atoms with Crippen molar-refractivity contribution in [1.82, 2.24) is 14.1 Å². The van der Waals surface area contributed by atoms with Crippen molar-refractivity contribution < 1.29 is 8.98 Å². The smallest absolute Gasteiger partial charge is 0.269 e. The summed E-state index contributed by atoms with van der Waals surface area (Å²) < 4.78 is 12.9. The van der Waals surface area contributed by atoms with Gasteiger partial charge in [0.1, 0.15) is 0 Å². The second-order valence-electron chi connectivity index (χ2n) is 21.6. The van der Waals surface area contributed by atoms with Crippen LogP contribution < -0.4 is 4.57 Å². The minimum atomic E-state index is -0.0940. The highest BCUT2D eigenvalue weighted by Gasteiger charge is 2.26. The lowest BCUT2D eigenvalue weighted by Gasteiger charge is -2.26. The Kier molecular flexibility index (Phi) is 10.2. The van der Waals surface area contributed by atoms with E-state index in [4.69, 9.17) is 9.40 Å². The third-order valence-electron chi connectivity index (χ3n) is 13.7. The fourth-order valence-corrected chi connectivity index (χ4v) is 9.90. The second-order valence-corrected chi connectivity index (χ2v) is 21.6. The summed E-state index contributed by atoms with van der Waals surface area (Å²) in [5.74, 6) is 0.796. The zero-order chi connectivity index (χ0) is 47.1. The van der Waals surface area contributed by atoms with Crippen LogP contribution in [0.2, 0.25) is 0 Å². The largest absolute Gasteiger partial charge is 0.460 e. The SMILES string of the molecule is CC(C)(C)c1ccc(-c2cc(C(C)(C)C)cc(-c3cccc(C(C)(C)C)c3)c2-[n+]2[c-]n(-c3cccc(Cc4ccc5c6ccccc6n(-c6nccc7ccoc67)c5c4)c3)c3ccccc32)cc1. The van der Waals surface area contributed by atoms with Crippen LogP contribution in [-0.2, 0) is 22.7 Å². The van der Waals surface area contributed by atoms with E-state index in [1.807, 2.05) is 18.3 Å². The summed E-state index contributed by atoms with van der Waals surface area (Å²) in [6.07, 6.45) is 8.32. The van der Waals surface area contributed by atoms with Gasteiger partial charge in [-0.05, 0) is 109 Å². The van der Waals surface area contributed by atoms with Crippen LogP contribution >= 0.6 is 0 Å². The monoisotopic (exact) mass is 886 g/mol. The lowest BCUT2D eigenvalue weighted by molar-refractivity contribution is -0.571. The summed E-state index contributed by atoms with van der Waals surface area (Å²) in [5.41, 5.74) is 18.3. The van der Waals surface area contributed by atoms with E-state index >= 15 is 0 Å². The topological polar surface area (TPSA) is 39.8 Å². The average molecular weight is 887 g/mol. The number of furan rings is 1. The first-order chi connectivity index (χ1) is 32.6. The summed E-state index contributed by atoms with van der Waals surface area (Å²) in [7, 11) is 0. The highest BCUT2D eigenvalue weighted by atomic mass is 16.3. The number of nitrogens with zero attached hydrogens (tertiary/aromatic N) is 4. The zero-order valence-electron chi connectivity index (χ0n) is 40.6. The Labute approximate surface area is 400 Å². The van der Waals surface area contributed by atoms with Crippen LogP contribution in [0.1, 0.15) is 90.1 Å². The summed E-state index contributed by atoms with van der Waals surface area (Å²) in [5, 5.41) is 3.40. The molecular weight excluding hydrogens is 829 g/mol. The highest BCUT2D eigenvalue weighted by Crippen LogP contribution is 2.41. The minimum Gasteiger partial charge on any atom is -0.460 e. The third-order valence-corrected chi connectivity index (χ3v) is 13.7. The van der Waals surface area contributed by atoms with Gasteiger partial charge in [0.2, 0.25) is 0 Å². The number of aromatic nitrogens is 4.